The van der Waals surface area contributed by atoms with Crippen LogP contribution in [-0.2, 0) is 6.42 Å². The van der Waals surface area contributed by atoms with Crippen molar-refractivity contribution >= 4 is 5.95 Å². The van der Waals surface area contributed by atoms with Gasteiger partial charge in [-0.3, -0.25) is 0 Å². The standard InChI is InChI=1S/C10H17N3O2/c1-8(14)4-5-9-11-10(12-15-9)13-6-2-3-7-13/h8,14H,2-7H2,1H3. The van der Waals surface area contributed by atoms with Crippen LogP contribution in [0.5, 0.6) is 0 Å². The highest BCUT2D eigenvalue weighted by Gasteiger charge is 2.17. The molecule has 1 N–H and O–H groups in total. The highest BCUT2D eigenvalue weighted by atomic mass is 16.5. The molecular formula is C10H17N3O2. The van der Waals surface area contributed by atoms with Crippen LogP contribution in [-0.4, -0.2) is 34.4 Å². The second-order valence-electron chi connectivity index (χ2n) is 4.07. The van der Waals surface area contributed by atoms with E-state index in [0.717, 1.165) is 13.1 Å². The minimum atomic E-state index is -0.313. The summed E-state index contributed by atoms with van der Waals surface area (Å²) in [7, 11) is 0. The van der Waals surface area contributed by atoms with E-state index in [4.69, 9.17) is 9.63 Å². The number of anilines is 1. The zero-order chi connectivity index (χ0) is 10.7. The topological polar surface area (TPSA) is 62.4 Å². The molecule has 1 aliphatic heterocycles. The predicted molar refractivity (Wildman–Crippen MR) is 55.7 cm³/mol. The van der Waals surface area contributed by atoms with Gasteiger partial charge >= 0.3 is 0 Å². The fraction of sp³-hybridized carbons (Fsp3) is 0.800. The minimum Gasteiger partial charge on any atom is -0.393 e. The number of aromatic nitrogens is 2. The zero-order valence-corrected chi connectivity index (χ0v) is 9.02. The van der Waals surface area contributed by atoms with Crippen molar-refractivity contribution in [3.8, 4) is 0 Å². The SMILES string of the molecule is CC(O)CCc1nc(N2CCCC2)no1. The third-order valence-electron chi connectivity index (χ3n) is 2.62. The van der Waals surface area contributed by atoms with Crippen LogP contribution in [0.4, 0.5) is 5.95 Å². The van der Waals surface area contributed by atoms with Crippen molar-refractivity contribution in [2.75, 3.05) is 18.0 Å². The lowest BCUT2D eigenvalue weighted by molar-refractivity contribution is 0.180. The molecule has 2 rings (SSSR count). The first-order valence-electron chi connectivity index (χ1n) is 5.51. The summed E-state index contributed by atoms with van der Waals surface area (Å²) in [4.78, 5) is 6.44. The number of hydrogen-bond donors (Lipinski definition) is 1. The molecule has 0 amide bonds. The molecule has 0 spiro atoms. The Balaban J connectivity index is 1.91. The lowest BCUT2D eigenvalue weighted by Crippen LogP contribution is -2.18. The molecule has 84 valence electrons. The van der Waals surface area contributed by atoms with Gasteiger partial charge in [0.05, 0.1) is 6.10 Å². The largest absolute Gasteiger partial charge is 0.393 e. The fourth-order valence-electron chi connectivity index (χ4n) is 1.73. The van der Waals surface area contributed by atoms with E-state index in [1.54, 1.807) is 6.92 Å². The molecule has 1 aromatic heterocycles. The Labute approximate surface area is 89.1 Å². The van der Waals surface area contributed by atoms with Crippen molar-refractivity contribution in [3.63, 3.8) is 0 Å². The van der Waals surface area contributed by atoms with Gasteiger partial charge in [-0.2, -0.15) is 4.98 Å². The molecule has 1 aromatic rings. The van der Waals surface area contributed by atoms with Gasteiger partial charge in [0.1, 0.15) is 0 Å². The molecule has 2 heterocycles. The molecule has 1 fully saturated rings. The van der Waals surface area contributed by atoms with Crippen LogP contribution in [0.3, 0.4) is 0 Å². The van der Waals surface area contributed by atoms with E-state index >= 15 is 0 Å². The highest BCUT2D eigenvalue weighted by molar-refractivity contribution is 5.28. The summed E-state index contributed by atoms with van der Waals surface area (Å²) >= 11 is 0. The van der Waals surface area contributed by atoms with Crippen LogP contribution in [0.2, 0.25) is 0 Å². The van der Waals surface area contributed by atoms with Gasteiger partial charge in [0.25, 0.3) is 5.95 Å². The van der Waals surface area contributed by atoms with Gasteiger partial charge < -0.3 is 14.5 Å². The molecule has 1 aliphatic rings. The lowest BCUT2D eigenvalue weighted by atomic mass is 10.2. The molecule has 1 unspecified atom stereocenters. The fourth-order valence-corrected chi connectivity index (χ4v) is 1.73. The number of aliphatic hydroxyl groups excluding tert-OH is 1. The van der Waals surface area contributed by atoms with Gasteiger partial charge in [0, 0.05) is 19.5 Å². The van der Waals surface area contributed by atoms with Crippen LogP contribution in [0.1, 0.15) is 32.1 Å². The maximum Gasteiger partial charge on any atom is 0.266 e. The smallest absolute Gasteiger partial charge is 0.266 e. The van der Waals surface area contributed by atoms with Gasteiger partial charge in [-0.25, -0.2) is 0 Å². The first kappa shape index (κ1) is 10.4. The quantitative estimate of drug-likeness (QED) is 0.804. The van der Waals surface area contributed by atoms with E-state index < -0.39 is 0 Å². The molecule has 0 aliphatic carbocycles. The summed E-state index contributed by atoms with van der Waals surface area (Å²) < 4.78 is 5.11. The first-order valence-corrected chi connectivity index (χ1v) is 5.51. The monoisotopic (exact) mass is 211 g/mol. The summed E-state index contributed by atoms with van der Waals surface area (Å²) in [6.07, 6.45) is 3.42. The summed E-state index contributed by atoms with van der Waals surface area (Å²) in [6, 6.07) is 0. The number of hydrogen-bond acceptors (Lipinski definition) is 5. The number of rotatable bonds is 4. The second-order valence-corrected chi connectivity index (χ2v) is 4.07. The van der Waals surface area contributed by atoms with Crippen molar-refractivity contribution < 1.29 is 9.63 Å². The van der Waals surface area contributed by atoms with Crippen molar-refractivity contribution in [1.29, 1.82) is 0 Å². The van der Waals surface area contributed by atoms with E-state index in [-0.39, 0.29) is 6.10 Å². The summed E-state index contributed by atoms with van der Waals surface area (Å²) in [5.41, 5.74) is 0. The zero-order valence-electron chi connectivity index (χ0n) is 9.02. The van der Waals surface area contributed by atoms with Gasteiger partial charge in [-0.15, -0.1) is 0 Å². The third-order valence-corrected chi connectivity index (χ3v) is 2.62. The molecule has 1 atom stereocenters. The van der Waals surface area contributed by atoms with E-state index in [2.05, 4.69) is 15.0 Å². The van der Waals surface area contributed by atoms with Crippen LogP contribution >= 0.6 is 0 Å². The van der Waals surface area contributed by atoms with E-state index in [0.29, 0.717) is 24.7 Å². The molecular weight excluding hydrogens is 194 g/mol. The Bertz CT molecular complexity index is 305. The van der Waals surface area contributed by atoms with Gasteiger partial charge in [-0.05, 0) is 31.3 Å². The summed E-state index contributed by atoms with van der Waals surface area (Å²) in [5, 5.41) is 13.1. The van der Waals surface area contributed by atoms with Crippen molar-refractivity contribution in [2.45, 2.75) is 38.7 Å². The molecule has 0 aromatic carbocycles. The summed E-state index contributed by atoms with van der Waals surface area (Å²) in [5.74, 6) is 1.32. The van der Waals surface area contributed by atoms with E-state index in [1.165, 1.54) is 12.8 Å². The van der Waals surface area contributed by atoms with Crippen LogP contribution in [0, 0.1) is 0 Å². The van der Waals surface area contributed by atoms with Crippen LogP contribution in [0.15, 0.2) is 4.52 Å². The number of aryl methyl sites for hydroxylation is 1. The van der Waals surface area contributed by atoms with E-state index in [9.17, 15) is 0 Å². The predicted octanol–water partition coefficient (Wildman–Crippen LogP) is 0.983. The lowest BCUT2D eigenvalue weighted by Gasteiger charge is -2.09. The van der Waals surface area contributed by atoms with E-state index in [1.807, 2.05) is 0 Å². The molecule has 15 heavy (non-hydrogen) atoms. The first-order chi connectivity index (χ1) is 7.25. The molecule has 1 saturated heterocycles. The number of nitrogens with zero attached hydrogens (tertiary/aromatic N) is 3. The molecule has 5 heteroatoms. The minimum absolute atomic E-state index is 0.313. The molecule has 0 radical (unpaired) electrons. The summed E-state index contributed by atoms with van der Waals surface area (Å²) in [6.45, 7) is 3.81. The van der Waals surface area contributed by atoms with Gasteiger partial charge in [-0.1, -0.05) is 0 Å². The second kappa shape index (κ2) is 4.61. The van der Waals surface area contributed by atoms with Crippen LogP contribution in [0.25, 0.3) is 0 Å². The third kappa shape index (κ3) is 2.68. The maximum atomic E-state index is 9.13. The Morgan fingerprint density at radius 1 is 1.47 bits per heavy atom. The Morgan fingerprint density at radius 3 is 2.87 bits per heavy atom. The Morgan fingerprint density at radius 2 is 2.20 bits per heavy atom. The average molecular weight is 211 g/mol. The highest BCUT2D eigenvalue weighted by Crippen LogP contribution is 2.16. The number of aliphatic hydroxyl groups is 1. The van der Waals surface area contributed by atoms with Crippen molar-refractivity contribution in [1.82, 2.24) is 10.1 Å². The normalized spacial score (nSPS) is 18.4. The van der Waals surface area contributed by atoms with Crippen LogP contribution < -0.4 is 4.90 Å². The Kier molecular flexibility index (Phi) is 3.20. The van der Waals surface area contributed by atoms with Crippen molar-refractivity contribution in [2.24, 2.45) is 0 Å². The molecule has 0 bridgehead atoms. The van der Waals surface area contributed by atoms with Gasteiger partial charge in [0.2, 0.25) is 5.89 Å². The van der Waals surface area contributed by atoms with Gasteiger partial charge in [0.15, 0.2) is 0 Å². The Hall–Kier alpha value is -1.10. The molecule has 5 nitrogen and oxygen atoms in total. The maximum absolute atomic E-state index is 9.13. The molecule has 0 saturated carbocycles. The van der Waals surface area contributed by atoms with Crippen molar-refractivity contribution in [3.05, 3.63) is 5.89 Å². The average Bonchev–Trinajstić information content (AvgIpc) is 2.85.